The van der Waals surface area contributed by atoms with Gasteiger partial charge in [-0.2, -0.15) is 5.10 Å². The number of hydrogen-bond acceptors (Lipinski definition) is 6. The fraction of sp³-hybridized carbons (Fsp3) is 0.478. The van der Waals surface area contributed by atoms with Gasteiger partial charge in [-0.1, -0.05) is 18.0 Å². The third-order valence-electron chi connectivity index (χ3n) is 6.27. The molecule has 5 rings (SSSR count). The van der Waals surface area contributed by atoms with Gasteiger partial charge in [0.15, 0.2) is 17.3 Å². The van der Waals surface area contributed by atoms with Crippen LogP contribution < -0.4 is 9.47 Å². The smallest absolute Gasteiger partial charge is 0.231 e. The number of ether oxygens (including phenoxy) is 2. The lowest BCUT2D eigenvalue weighted by atomic mass is 10.0. The van der Waals surface area contributed by atoms with Crippen LogP contribution in [0.1, 0.15) is 55.6 Å². The molecule has 0 N–H and O–H groups in total. The minimum atomic E-state index is 0.253. The largest absolute Gasteiger partial charge is 0.454 e. The van der Waals surface area contributed by atoms with E-state index in [9.17, 15) is 0 Å². The van der Waals surface area contributed by atoms with E-state index in [2.05, 4.69) is 39.8 Å². The molecule has 30 heavy (non-hydrogen) atoms. The highest BCUT2D eigenvalue weighted by atomic mass is 16.7. The number of nitrogens with zero attached hydrogens (tertiary/aromatic N) is 4. The van der Waals surface area contributed by atoms with Gasteiger partial charge in [-0.25, -0.2) is 0 Å². The average molecular weight is 409 g/mol. The van der Waals surface area contributed by atoms with Crippen molar-refractivity contribution in [3.05, 3.63) is 47.4 Å². The van der Waals surface area contributed by atoms with Crippen LogP contribution >= 0.6 is 0 Å². The lowest BCUT2D eigenvalue weighted by Crippen LogP contribution is -2.28. The quantitative estimate of drug-likeness (QED) is 0.609. The summed E-state index contributed by atoms with van der Waals surface area (Å²) < 4.78 is 18.7. The van der Waals surface area contributed by atoms with Gasteiger partial charge in [-0.05, 0) is 51.4 Å². The molecule has 0 spiro atoms. The number of benzene rings is 1. The molecule has 0 unspecified atom stereocenters. The highest BCUT2D eigenvalue weighted by molar-refractivity contribution is 5.63. The number of rotatable bonds is 5. The molecule has 7 heteroatoms. The Morgan fingerprint density at radius 3 is 2.87 bits per heavy atom. The molecule has 1 saturated heterocycles. The number of aromatic nitrogens is 3. The number of fused-ring (bicyclic) bond motifs is 1. The standard InChI is InChI=1S/C23H28N4O3/c1-3-27-16(2)18(13-24-27)14-26-10-6-4-5-7-20(26)19-12-22(30-25-19)17-8-9-21-23(11-17)29-15-28-21/h8-9,11-13,20H,3-7,10,14-15H2,1-2H3/t20-/m0/s1. The highest BCUT2D eigenvalue weighted by Gasteiger charge is 2.27. The first-order valence-corrected chi connectivity index (χ1v) is 10.8. The maximum atomic E-state index is 5.76. The maximum Gasteiger partial charge on any atom is 0.231 e. The minimum absolute atomic E-state index is 0.253. The summed E-state index contributed by atoms with van der Waals surface area (Å²) in [4.78, 5) is 2.54. The third kappa shape index (κ3) is 3.58. The molecule has 7 nitrogen and oxygen atoms in total. The van der Waals surface area contributed by atoms with Crippen LogP contribution in [0.3, 0.4) is 0 Å². The molecule has 2 aliphatic heterocycles. The molecule has 2 aliphatic rings. The summed E-state index contributed by atoms with van der Waals surface area (Å²) in [6.07, 6.45) is 6.79. The Hall–Kier alpha value is -2.80. The lowest BCUT2D eigenvalue weighted by Gasteiger charge is -2.28. The predicted molar refractivity (Wildman–Crippen MR) is 112 cm³/mol. The van der Waals surface area contributed by atoms with Crippen LogP contribution in [-0.4, -0.2) is 33.2 Å². The second-order valence-electron chi connectivity index (χ2n) is 8.09. The van der Waals surface area contributed by atoms with Crippen LogP contribution in [0.4, 0.5) is 0 Å². The van der Waals surface area contributed by atoms with Crippen molar-refractivity contribution in [2.45, 2.75) is 58.7 Å². The van der Waals surface area contributed by atoms with E-state index in [-0.39, 0.29) is 12.8 Å². The summed E-state index contributed by atoms with van der Waals surface area (Å²) in [7, 11) is 0. The van der Waals surface area contributed by atoms with Crippen LogP contribution in [0, 0.1) is 6.92 Å². The Kier molecular flexibility index (Phi) is 5.21. The molecular weight excluding hydrogens is 380 g/mol. The first-order chi connectivity index (χ1) is 14.7. The number of aryl methyl sites for hydroxylation is 1. The van der Waals surface area contributed by atoms with Gasteiger partial charge in [0.1, 0.15) is 5.69 Å². The summed E-state index contributed by atoms with van der Waals surface area (Å²) in [5, 5.41) is 9.00. The zero-order chi connectivity index (χ0) is 20.5. The summed E-state index contributed by atoms with van der Waals surface area (Å²) in [6.45, 7) is 7.41. The molecule has 1 fully saturated rings. The first-order valence-electron chi connectivity index (χ1n) is 10.8. The zero-order valence-corrected chi connectivity index (χ0v) is 17.6. The molecule has 1 atom stereocenters. The molecule has 3 aromatic rings. The van der Waals surface area contributed by atoms with Gasteiger partial charge in [0.05, 0.1) is 12.2 Å². The first kappa shape index (κ1) is 19.2. The summed E-state index contributed by atoms with van der Waals surface area (Å²) in [6, 6.07) is 8.21. The van der Waals surface area contributed by atoms with Gasteiger partial charge >= 0.3 is 0 Å². The zero-order valence-electron chi connectivity index (χ0n) is 17.6. The molecule has 4 heterocycles. The molecule has 0 aliphatic carbocycles. The molecule has 0 amide bonds. The fourth-order valence-electron chi connectivity index (χ4n) is 4.50. The lowest BCUT2D eigenvalue weighted by molar-refractivity contribution is 0.174. The molecule has 2 aromatic heterocycles. The average Bonchev–Trinajstić information content (AvgIpc) is 3.46. The molecule has 1 aromatic carbocycles. The third-order valence-corrected chi connectivity index (χ3v) is 6.27. The Labute approximate surface area is 176 Å². The Bertz CT molecular complexity index is 1030. The van der Waals surface area contributed by atoms with Gasteiger partial charge in [0.25, 0.3) is 0 Å². The Balaban J connectivity index is 1.40. The van der Waals surface area contributed by atoms with Gasteiger partial charge in [-0.15, -0.1) is 0 Å². The molecule has 158 valence electrons. The Morgan fingerprint density at radius 2 is 2.00 bits per heavy atom. The second-order valence-corrected chi connectivity index (χ2v) is 8.09. The maximum absolute atomic E-state index is 5.76. The van der Waals surface area contributed by atoms with Crippen molar-refractivity contribution < 1.29 is 14.0 Å². The minimum Gasteiger partial charge on any atom is -0.454 e. The van der Waals surface area contributed by atoms with Crippen molar-refractivity contribution in [2.75, 3.05) is 13.3 Å². The van der Waals surface area contributed by atoms with Crippen molar-refractivity contribution >= 4 is 0 Å². The van der Waals surface area contributed by atoms with E-state index in [4.69, 9.17) is 14.0 Å². The van der Waals surface area contributed by atoms with Crippen molar-refractivity contribution in [3.63, 3.8) is 0 Å². The summed E-state index contributed by atoms with van der Waals surface area (Å²) in [5.74, 6) is 2.30. The normalized spacial score (nSPS) is 19.2. The van der Waals surface area contributed by atoms with Crippen LogP contribution in [-0.2, 0) is 13.1 Å². The van der Waals surface area contributed by atoms with Crippen molar-refractivity contribution in [2.24, 2.45) is 0 Å². The van der Waals surface area contributed by atoms with E-state index in [0.717, 1.165) is 54.6 Å². The summed E-state index contributed by atoms with van der Waals surface area (Å²) in [5.41, 5.74) is 4.51. The van der Waals surface area contributed by atoms with E-state index in [1.807, 2.05) is 24.4 Å². The molecule has 0 bridgehead atoms. The predicted octanol–water partition coefficient (Wildman–Crippen LogP) is 4.71. The van der Waals surface area contributed by atoms with E-state index >= 15 is 0 Å². The van der Waals surface area contributed by atoms with Crippen LogP contribution in [0.25, 0.3) is 11.3 Å². The molecule has 0 saturated carbocycles. The Morgan fingerprint density at radius 1 is 1.10 bits per heavy atom. The topological polar surface area (TPSA) is 65.6 Å². The van der Waals surface area contributed by atoms with E-state index in [1.54, 1.807) is 0 Å². The number of hydrogen-bond donors (Lipinski definition) is 0. The van der Waals surface area contributed by atoms with Crippen LogP contribution in [0.2, 0.25) is 0 Å². The number of likely N-dealkylation sites (tertiary alicyclic amines) is 1. The second kappa shape index (κ2) is 8.14. The fourth-order valence-corrected chi connectivity index (χ4v) is 4.50. The van der Waals surface area contributed by atoms with Crippen molar-refractivity contribution in [1.29, 1.82) is 0 Å². The molecular formula is C23H28N4O3. The SMILES string of the molecule is CCn1ncc(CN2CCCCC[C@H]2c2cc(-c3ccc4c(c3)OCO4)on2)c1C. The summed E-state index contributed by atoms with van der Waals surface area (Å²) >= 11 is 0. The van der Waals surface area contributed by atoms with E-state index in [0.29, 0.717) is 0 Å². The van der Waals surface area contributed by atoms with Crippen LogP contribution in [0.15, 0.2) is 35.0 Å². The van der Waals surface area contributed by atoms with Crippen LogP contribution in [0.5, 0.6) is 11.5 Å². The van der Waals surface area contributed by atoms with E-state index < -0.39 is 0 Å². The van der Waals surface area contributed by atoms with E-state index in [1.165, 1.54) is 30.5 Å². The highest BCUT2D eigenvalue weighted by Crippen LogP contribution is 2.38. The van der Waals surface area contributed by atoms with Gasteiger partial charge in [0, 0.05) is 36.0 Å². The molecule has 0 radical (unpaired) electrons. The van der Waals surface area contributed by atoms with Gasteiger partial charge in [-0.3, -0.25) is 9.58 Å². The van der Waals surface area contributed by atoms with Gasteiger partial charge < -0.3 is 14.0 Å². The van der Waals surface area contributed by atoms with Gasteiger partial charge in [0.2, 0.25) is 6.79 Å². The van der Waals surface area contributed by atoms with Crippen molar-refractivity contribution in [3.8, 4) is 22.8 Å². The van der Waals surface area contributed by atoms with Crippen molar-refractivity contribution in [1.82, 2.24) is 19.8 Å². The monoisotopic (exact) mass is 408 g/mol.